The van der Waals surface area contributed by atoms with Gasteiger partial charge in [-0.1, -0.05) is 11.6 Å². The standard InChI is InChI=1S/C15H22ClN3O/c1-17-14(7-11-4-5-18-8-13(11)16)15-9-19-6-2-3-12(19)10-20-15/h4-5,8,12,14-15,17H,2-3,6-7,9-10H2,1H3. The van der Waals surface area contributed by atoms with Crippen LogP contribution >= 0.6 is 11.6 Å². The fourth-order valence-electron chi connectivity index (χ4n) is 3.31. The quantitative estimate of drug-likeness (QED) is 0.918. The largest absolute Gasteiger partial charge is 0.374 e. The molecule has 0 bridgehead atoms. The number of aromatic nitrogens is 1. The molecule has 0 spiro atoms. The third kappa shape index (κ3) is 2.98. The summed E-state index contributed by atoms with van der Waals surface area (Å²) in [5.41, 5.74) is 1.13. The normalized spacial score (nSPS) is 28.3. The SMILES string of the molecule is CNC(Cc1ccncc1Cl)C1CN2CCCC2CO1. The maximum absolute atomic E-state index is 6.21. The van der Waals surface area contributed by atoms with Crippen molar-refractivity contribution < 1.29 is 4.74 Å². The molecule has 1 N–H and O–H groups in total. The maximum Gasteiger partial charge on any atom is 0.0858 e. The summed E-state index contributed by atoms with van der Waals surface area (Å²) < 4.78 is 6.09. The van der Waals surface area contributed by atoms with Crippen LogP contribution in [0.25, 0.3) is 0 Å². The van der Waals surface area contributed by atoms with Crippen LogP contribution in [0.15, 0.2) is 18.5 Å². The van der Waals surface area contributed by atoms with E-state index in [0.717, 1.165) is 30.2 Å². The Morgan fingerprint density at radius 3 is 3.30 bits per heavy atom. The zero-order chi connectivity index (χ0) is 13.9. The summed E-state index contributed by atoms with van der Waals surface area (Å²) in [7, 11) is 2.00. The van der Waals surface area contributed by atoms with Crippen LogP contribution in [0, 0.1) is 0 Å². The Bertz CT molecular complexity index is 456. The van der Waals surface area contributed by atoms with Crippen LogP contribution in [-0.2, 0) is 11.2 Å². The van der Waals surface area contributed by atoms with E-state index in [0.29, 0.717) is 6.04 Å². The lowest BCUT2D eigenvalue weighted by Gasteiger charge is -2.39. The van der Waals surface area contributed by atoms with Gasteiger partial charge < -0.3 is 10.1 Å². The number of hydrogen-bond acceptors (Lipinski definition) is 4. The number of hydrogen-bond donors (Lipinski definition) is 1. The molecular formula is C15H22ClN3O. The Morgan fingerprint density at radius 2 is 2.50 bits per heavy atom. The average molecular weight is 296 g/mol. The fourth-order valence-corrected chi connectivity index (χ4v) is 3.51. The number of likely N-dealkylation sites (N-methyl/N-ethyl adjacent to an activating group) is 1. The van der Waals surface area contributed by atoms with Crippen molar-refractivity contribution in [3.63, 3.8) is 0 Å². The van der Waals surface area contributed by atoms with Gasteiger partial charge in [0, 0.05) is 31.0 Å². The summed E-state index contributed by atoms with van der Waals surface area (Å²) in [5, 5.41) is 4.14. The first-order valence-electron chi connectivity index (χ1n) is 7.39. The van der Waals surface area contributed by atoms with Crippen LogP contribution in [0.1, 0.15) is 18.4 Å². The third-order valence-corrected chi connectivity index (χ3v) is 4.87. The highest BCUT2D eigenvalue weighted by Crippen LogP contribution is 2.25. The molecule has 1 aromatic heterocycles. The smallest absolute Gasteiger partial charge is 0.0858 e. The summed E-state index contributed by atoms with van der Waals surface area (Å²) in [6.07, 6.45) is 7.21. The molecule has 0 aromatic carbocycles. The second kappa shape index (κ2) is 6.39. The summed E-state index contributed by atoms with van der Waals surface area (Å²) in [5.74, 6) is 0. The van der Waals surface area contributed by atoms with E-state index in [4.69, 9.17) is 16.3 Å². The molecule has 0 aliphatic carbocycles. The number of rotatable bonds is 4. The number of pyridine rings is 1. The molecule has 5 heteroatoms. The molecule has 3 rings (SSSR count). The van der Waals surface area contributed by atoms with Crippen LogP contribution in [-0.4, -0.2) is 54.8 Å². The molecule has 3 heterocycles. The maximum atomic E-state index is 6.21. The van der Waals surface area contributed by atoms with E-state index in [1.165, 1.54) is 19.4 Å². The van der Waals surface area contributed by atoms with Crippen LogP contribution in [0.4, 0.5) is 0 Å². The second-order valence-corrected chi connectivity index (χ2v) is 6.14. The van der Waals surface area contributed by atoms with Gasteiger partial charge in [-0.25, -0.2) is 0 Å². The average Bonchev–Trinajstić information content (AvgIpc) is 2.94. The minimum Gasteiger partial charge on any atom is -0.374 e. The van der Waals surface area contributed by atoms with Crippen LogP contribution < -0.4 is 5.32 Å². The van der Waals surface area contributed by atoms with Crippen LogP contribution in [0.5, 0.6) is 0 Å². The van der Waals surface area contributed by atoms with E-state index < -0.39 is 0 Å². The third-order valence-electron chi connectivity index (χ3n) is 4.53. The zero-order valence-corrected chi connectivity index (χ0v) is 12.6. The van der Waals surface area contributed by atoms with Gasteiger partial charge in [-0.3, -0.25) is 9.88 Å². The molecular weight excluding hydrogens is 274 g/mol. The number of halogens is 1. The lowest BCUT2D eigenvalue weighted by molar-refractivity contribution is -0.0634. The monoisotopic (exact) mass is 295 g/mol. The Kier molecular flexibility index (Phi) is 4.56. The molecule has 2 aliphatic rings. The molecule has 2 aliphatic heterocycles. The van der Waals surface area contributed by atoms with E-state index in [1.54, 1.807) is 12.4 Å². The topological polar surface area (TPSA) is 37.4 Å². The van der Waals surface area contributed by atoms with Gasteiger partial charge in [-0.05, 0) is 44.5 Å². The lowest BCUT2D eigenvalue weighted by Crippen LogP contribution is -2.54. The predicted octanol–water partition coefficient (Wildman–Crippen LogP) is 1.73. The Hall–Kier alpha value is -0.680. The van der Waals surface area contributed by atoms with Gasteiger partial charge >= 0.3 is 0 Å². The van der Waals surface area contributed by atoms with Gasteiger partial charge in [0.05, 0.1) is 17.7 Å². The van der Waals surface area contributed by atoms with Crippen molar-refractivity contribution in [1.29, 1.82) is 0 Å². The summed E-state index contributed by atoms with van der Waals surface area (Å²) >= 11 is 6.21. The number of nitrogens with zero attached hydrogens (tertiary/aromatic N) is 2. The first-order chi connectivity index (χ1) is 9.78. The highest BCUT2D eigenvalue weighted by molar-refractivity contribution is 6.31. The van der Waals surface area contributed by atoms with E-state index in [2.05, 4.69) is 15.2 Å². The molecule has 20 heavy (non-hydrogen) atoms. The van der Waals surface area contributed by atoms with Crippen LogP contribution in [0.2, 0.25) is 5.02 Å². The van der Waals surface area contributed by atoms with Gasteiger partial charge in [-0.15, -0.1) is 0 Å². The molecule has 1 aromatic rings. The number of morpholine rings is 1. The molecule has 0 saturated carbocycles. The molecule has 0 radical (unpaired) electrons. The lowest BCUT2D eigenvalue weighted by atomic mass is 10.00. The van der Waals surface area contributed by atoms with Gasteiger partial charge in [0.1, 0.15) is 0 Å². The number of fused-ring (bicyclic) bond motifs is 1. The summed E-state index contributed by atoms with van der Waals surface area (Å²) in [4.78, 5) is 6.62. The van der Waals surface area contributed by atoms with E-state index in [1.807, 2.05) is 13.1 Å². The number of ether oxygens (including phenoxy) is 1. The zero-order valence-electron chi connectivity index (χ0n) is 11.9. The first kappa shape index (κ1) is 14.3. The van der Waals surface area contributed by atoms with Crippen molar-refractivity contribution in [1.82, 2.24) is 15.2 Å². The van der Waals surface area contributed by atoms with Crippen molar-refractivity contribution in [2.24, 2.45) is 0 Å². The minimum absolute atomic E-state index is 0.235. The van der Waals surface area contributed by atoms with Crippen molar-refractivity contribution in [3.8, 4) is 0 Å². The van der Waals surface area contributed by atoms with Crippen molar-refractivity contribution >= 4 is 11.6 Å². The van der Waals surface area contributed by atoms with Crippen LogP contribution in [0.3, 0.4) is 0 Å². The summed E-state index contributed by atoms with van der Waals surface area (Å²) in [6, 6.07) is 2.93. The molecule has 0 amide bonds. The van der Waals surface area contributed by atoms with Gasteiger partial charge in [0.15, 0.2) is 0 Å². The molecule has 3 atom stereocenters. The first-order valence-corrected chi connectivity index (χ1v) is 7.77. The molecule has 3 unspecified atom stereocenters. The number of nitrogens with one attached hydrogen (secondary N) is 1. The van der Waals surface area contributed by atoms with Gasteiger partial charge in [-0.2, -0.15) is 0 Å². The molecule has 4 nitrogen and oxygen atoms in total. The molecule has 2 fully saturated rings. The van der Waals surface area contributed by atoms with Gasteiger partial charge in [0.25, 0.3) is 0 Å². The molecule has 2 saturated heterocycles. The van der Waals surface area contributed by atoms with Crippen molar-refractivity contribution in [3.05, 3.63) is 29.0 Å². The predicted molar refractivity (Wildman–Crippen MR) is 80.1 cm³/mol. The highest BCUT2D eigenvalue weighted by Gasteiger charge is 2.35. The second-order valence-electron chi connectivity index (χ2n) is 5.73. The summed E-state index contributed by atoms with van der Waals surface area (Å²) in [6.45, 7) is 3.11. The van der Waals surface area contributed by atoms with E-state index in [-0.39, 0.29) is 12.1 Å². The minimum atomic E-state index is 0.235. The van der Waals surface area contributed by atoms with E-state index in [9.17, 15) is 0 Å². The van der Waals surface area contributed by atoms with Crippen molar-refractivity contribution in [2.75, 3.05) is 26.7 Å². The Labute approximate surface area is 125 Å². The molecule has 110 valence electrons. The van der Waals surface area contributed by atoms with Crippen molar-refractivity contribution in [2.45, 2.75) is 37.5 Å². The highest BCUT2D eigenvalue weighted by atomic mass is 35.5. The fraction of sp³-hybridized carbons (Fsp3) is 0.667. The Morgan fingerprint density at radius 1 is 1.60 bits per heavy atom. The Balaban J connectivity index is 1.66. The van der Waals surface area contributed by atoms with E-state index >= 15 is 0 Å². The van der Waals surface area contributed by atoms with Gasteiger partial charge in [0.2, 0.25) is 0 Å².